The van der Waals surface area contributed by atoms with Gasteiger partial charge in [0.25, 0.3) is 5.91 Å². The Morgan fingerprint density at radius 1 is 1.16 bits per heavy atom. The maximum atomic E-state index is 11.9. The van der Waals surface area contributed by atoms with Crippen molar-refractivity contribution in [2.45, 2.75) is 19.3 Å². The van der Waals surface area contributed by atoms with E-state index in [-0.39, 0.29) is 5.91 Å². The van der Waals surface area contributed by atoms with E-state index >= 15 is 0 Å². The Morgan fingerprint density at radius 3 is 2.47 bits per heavy atom. The van der Waals surface area contributed by atoms with Crippen LogP contribution in [0.25, 0.3) is 0 Å². The first-order chi connectivity index (χ1) is 9.29. The number of piperidine rings is 1. The minimum absolute atomic E-state index is 0.0136. The van der Waals surface area contributed by atoms with Gasteiger partial charge < -0.3 is 15.5 Å². The summed E-state index contributed by atoms with van der Waals surface area (Å²) in [5.74, 6) is 0.0136. The third kappa shape index (κ3) is 4.24. The van der Waals surface area contributed by atoms with Crippen molar-refractivity contribution >= 4 is 11.6 Å². The molecule has 1 fully saturated rings. The van der Waals surface area contributed by atoms with E-state index in [0.717, 1.165) is 24.3 Å². The maximum Gasteiger partial charge on any atom is 0.251 e. The van der Waals surface area contributed by atoms with Gasteiger partial charge >= 0.3 is 0 Å². The second-order valence-corrected chi connectivity index (χ2v) is 4.99. The average Bonchev–Trinajstić information content (AvgIpc) is 2.48. The van der Waals surface area contributed by atoms with Gasteiger partial charge in [-0.15, -0.1) is 0 Å². The van der Waals surface area contributed by atoms with Crippen molar-refractivity contribution in [3.8, 4) is 0 Å². The summed E-state index contributed by atoms with van der Waals surface area (Å²) in [6, 6.07) is 7.53. The maximum absolute atomic E-state index is 11.9. The summed E-state index contributed by atoms with van der Waals surface area (Å²) in [5, 5.41) is 6.02. The SMILES string of the molecule is CNc1ccc(C(=O)NCCN2CCCCC2)cc1. The topological polar surface area (TPSA) is 44.4 Å². The van der Waals surface area contributed by atoms with E-state index in [2.05, 4.69) is 15.5 Å². The zero-order valence-corrected chi connectivity index (χ0v) is 11.6. The molecule has 19 heavy (non-hydrogen) atoms. The Labute approximate surface area is 115 Å². The summed E-state index contributed by atoms with van der Waals surface area (Å²) in [6.45, 7) is 4.03. The molecule has 2 rings (SSSR count). The van der Waals surface area contributed by atoms with Gasteiger partial charge in [0.15, 0.2) is 0 Å². The molecule has 1 aromatic rings. The van der Waals surface area contributed by atoms with Crippen molar-refractivity contribution in [1.82, 2.24) is 10.2 Å². The van der Waals surface area contributed by atoms with E-state index in [4.69, 9.17) is 0 Å². The molecule has 0 aliphatic carbocycles. The summed E-state index contributed by atoms with van der Waals surface area (Å²) >= 11 is 0. The highest BCUT2D eigenvalue weighted by Gasteiger charge is 2.10. The largest absolute Gasteiger partial charge is 0.388 e. The lowest BCUT2D eigenvalue weighted by molar-refractivity contribution is 0.0946. The molecule has 1 amide bonds. The first-order valence-corrected chi connectivity index (χ1v) is 7.08. The van der Waals surface area contributed by atoms with E-state index in [1.807, 2.05) is 31.3 Å². The number of benzene rings is 1. The molecule has 0 bridgehead atoms. The van der Waals surface area contributed by atoms with E-state index in [9.17, 15) is 4.79 Å². The Kier molecular flexibility index (Phi) is 5.21. The molecule has 1 saturated heterocycles. The van der Waals surface area contributed by atoms with Crippen LogP contribution in [0.3, 0.4) is 0 Å². The fraction of sp³-hybridized carbons (Fsp3) is 0.533. The molecular weight excluding hydrogens is 238 g/mol. The van der Waals surface area contributed by atoms with Crippen molar-refractivity contribution in [1.29, 1.82) is 0 Å². The molecule has 1 aromatic carbocycles. The number of hydrogen-bond donors (Lipinski definition) is 2. The second-order valence-electron chi connectivity index (χ2n) is 4.99. The highest BCUT2D eigenvalue weighted by molar-refractivity contribution is 5.94. The van der Waals surface area contributed by atoms with E-state index < -0.39 is 0 Å². The van der Waals surface area contributed by atoms with Crippen LogP contribution in [-0.2, 0) is 0 Å². The van der Waals surface area contributed by atoms with Crippen molar-refractivity contribution in [3.63, 3.8) is 0 Å². The van der Waals surface area contributed by atoms with Crippen molar-refractivity contribution in [2.24, 2.45) is 0 Å². The van der Waals surface area contributed by atoms with Crippen LogP contribution in [0.1, 0.15) is 29.6 Å². The van der Waals surface area contributed by atoms with Gasteiger partial charge in [0.1, 0.15) is 0 Å². The van der Waals surface area contributed by atoms with E-state index in [1.165, 1.54) is 32.4 Å². The lowest BCUT2D eigenvalue weighted by atomic mass is 10.1. The zero-order valence-electron chi connectivity index (χ0n) is 11.6. The lowest BCUT2D eigenvalue weighted by Gasteiger charge is -2.26. The molecule has 2 N–H and O–H groups in total. The molecule has 0 aromatic heterocycles. The summed E-state index contributed by atoms with van der Waals surface area (Å²) in [4.78, 5) is 14.4. The smallest absolute Gasteiger partial charge is 0.251 e. The monoisotopic (exact) mass is 261 g/mol. The van der Waals surface area contributed by atoms with Gasteiger partial charge in [-0.25, -0.2) is 0 Å². The molecule has 0 saturated carbocycles. The van der Waals surface area contributed by atoms with Crippen molar-refractivity contribution in [3.05, 3.63) is 29.8 Å². The predicted octanol–water partition coefficient (Wildman–Crippen LogP) is 1.94. The first kappa shape index (κ1) is 13.9. The van der Waals surface area contributed by atoms with Gasteiger partial charge in [-0.1, -0.05) is 6.42 Å². The van der Waals surface area contributed by atoms with Crippen LogP contribution >= 0.6 is 0 Å². The number of carbonyl (C=O) groups is 1. The summed E-state index contributed by atoms with van der Waals surface area (Å²) in [7, 11) is 1.87. The number of amides is 1. The molecule has 4 heteroatoms. The summed E-state index contributed by atoms with van der Waals surface area (Å²) in [5.41, 5.74) is 1.74. The normalized spacial score (nSPS) is 16.1. The van der Waals surface area contributed by atoms with Crippen LogP contribution < -0.4 is 10.6 Å². The Hall–Kier alpha value is -1.55. The zero-order chi connectivity index (χ0) is 13.5. The number of nitrogens with zero attached hydrogens (tertiary/aromatic N) is 1. The van der Waals surface area contributed by atoms with E-state index in [0.29, 0.717) is 0 Å². The molecular formula is C15H23N3O. The van der Waals surface area contributed by atoms with Crippen molar-refractivity contribution in [2.75, 3.05) is 38.5 Å². The fourth-order valence-electron chi connectivity index (χ4n) is 2.40. The van der Waals surface area contributed by atoms with Crippen molar-refractivity contribution < 1.29 is 4.79 Å². The van der Waals surface area contributed by atoms with Crippen LogP contribution in [-0.4, -0.2) is 44.0 Å². The highest BCUT2D eigenvalue weighted by atomic mass is 16.1. The molecule has 0 unspecified atom stereocenters. The standard InChI is InChI=1S/C15H23N3O/c1-16-14-7-5-13(6-8-14)15(19)17-9-12-18-10-3-2-4-11-18/h5-8,16H,2-4,9-12H2,1H3,(H,17,19). The van der Waals surface area contributed by atoms with Gasteiger partial charge in [0.05, 0.1) is 0 Å². The van der Waals surface area contributed by atoms with Gasteiger partial charge in [-0.2, -0.15) is 0 Å². The molecule has 1 aliphatic heterocycles. The van der Waals surface area contributed by atoms with E-state index in [1.54, 1.807) is 0 Å². The quantitative estimate of drug-likeness (QED) is 0.851. The van der Waals surface area contributed by atoms with Crippen LogP contribution in [0.15, 0.2) is 24.3 Å². The minimum Gasteiger partial charge on any atom is -0.388 e. The van der Waals surface area contributed by atoms with Crippen LogP contribution in [0.4, 0.5) is 5.69 Å². The highest BCUT2D eigenvalue weighted by Crippen LogP contribution is 2.09. The van der Waals surface area contributed by atoms with Gasteiger partial charge in [-0.05, 0) is 50.2 Å². The molecule has 1 aliphatic rings. The molecule has 0 atom stereocenters. The Balaban J connectivity index is 1.73. The molecule has 0 spiro atoms. The second kappa shape index (κ2) is 7.14. The lowest BCUT2D eigenvalue weighted by Crippen LogP contribution is -2.37. The average molecular weight is 261 g/mol. The van der Waals surface area contributed by atoms with Crippen LogP contribution in [0, 0.1) is 0 Å². The predicted molar refractivity (Wildman–Crippen MR) is 78.6 cm³/mol. The number of nitrogens with one attached hydrogen (secondary N) is 2. The van der Waals surface area contributed by atoms with Crippen LogP contribution in [0.2, 0.25) is 0 Å². The Morgan fingerprint density at radius 2 is 1.84 bits per heavy atom. The number of carbonyl (C=O) groups excluding carboxylic acids is 1. The van der Waals surface area contributed by atoms with Gasteiger partial charge in [-0.3, -0.25) is 4.79 Å². The molecule has 104 valence electrons. The number of anilines is 1. The number of rotatable bonds is 5. The third-order valence-electron chi connectivity index (χ3n) is 3.60. The van der Waals surface area contributed by atoms with Crippen LogP contribution in [0.5, 0.6) is 0 Å². The summed E-state index contributed by atoms with van der Waals surface area (Å²) in [6.07, 6.45) is 3.93. The fourth-order valence-corrected chi connectivity index (χ4v) is 2.40. The Bertz CT molecular complexity index is 396. The molecule has 1 heterocycles. The van der Waals surface area contributed by atoms with Gasteiger partial charge in [0.2, 0.25) is 0 Å². The number of likely N-dealkylation sites (tertiary alicyclic amines) is 1. The minimum atomic E-state index is 0.0136. The summed E-state index contributed by atoms with van der Waals surface area (Å²) < 4.78 is 0. The molecule has 0 radical (unpaired) electrons. The van der Waals surface area contributed by atoms with Gasteiger partial charge in [0, 0.05) is 31.4 Å². The first-order valence-electron chi connectivity index (χ1n) is 7.08. The number of hydrogen-bond acceptors (Lipinski definition) is 3. The third-order valence-corrected chi connectivity index (χ3v) is 3.60. The molecule has 4 nitrogen and oxygen atoms in total.